The van der Waals surface area contributed by atoms with Gasteiger partial charge in [-0.05, 0) is 24.3 Å². The lowest BCUT2D eigenvalue weighted by molar-refractivity contribution is 0.384. The molecule has 0 saturated heterocycles. The molecule has 0 bridgehead atoms. The molecule has 2 aromatic carbocycles. The molecule has 2 nitrogen and oxygen atoms in total. The van der Waals surface area contributed by atoms with Crippen molar-refractivity contribution in [2.24, 2.45) is 0 Å². The number of rotatable bonds is 7. The lowest BCUT2D eigenvalue weighted by atomic mass is 10.3. The van der Waals surface area contributed by atoms with Crippen LogP contribution in [-0.2, 0) is 0 Å². The minimum absolute atomic E-state index is 0.757. The van der Waals surface area contributed by atoms with E-state index in [0.717, 1.165) is 23.6 Å². The molecule has 2 aromatic rings. The highest BCUT2D eigenvalue weighted by molar-refractivity contribution is 6.69. The fourth-order valence-corrected chi connectivity index (χ4v) is 4.38. The van der Waals surface area contributed by atoms with Gasteiger partial charge in [0.05, 0.1) is 0 Å². The third kappa shape index (κ3) is 3.74. The summed E-state index contributed by atoms with van der Waals surface area (Å²) in [7, 11) is -2.37. The number of benzene rings is 2. The molecule has 0 atom stereocenters. The van der Waals surface area contributed by atoms with E-state index in [4.69, 9.17) is 8.85 Å². The van der Waals surface area contributed by atoms with Gasteiger partial charge in [-0.2, -0.15) is 0 Å². The SMILES string of the molecule is C=CC[Si](CC)(Oc1ccccc1)Oc1ccccc1. The van der Waals surface area contributed by atoms with Crippen LogP contribution in [0.3, 0.4) is 0 Å². The van der Waals surface area contributed by atoms with Gasteiger partial charge in [-0.1, -0.05) is 49.4 Å². The van der Waals surface area contributed by atoms with Gasteiger partial charge >= 0.3 is 8.56 Å². The van der Waals surface area contributed by atoms with E-state index in [0.29, 0.717) is 0 Å². The average Bonchev–Trinajstić information content (AvgIpc) is 2.49. The van der Waals surface area contributed by atoms with Gasteiger partial charge in [0.25, 0.3) is 0 Å². The summed E-state index contributed by atoms with van der Waals surface area (Å²) < 4.78 is 12.5. The Morgan fingerprint density at radius 3 is 1.70 bits per heavy atom. The van der Waals surface area contributed by atoms with Crippen LogP contribution < -0.4 is 8.85 Å². The van der Waals surface area contributed by atoms with Crippen LogP contribution in [0.25, 0.3) is 0 Å². The monoisotopic (exact) mass is 284 g/mol. The van der Waals surface area contributed by atoms with Crippen LogP contribution in [0.4, 0.5) is 0 Å². The van der Waals surface area contributed by atoms with Crippen molar-refractivity contribution in [1.82, 2.24) is 0 Å². The molecule has 104 valence electrons. The zero-order chi connectivity index (χ0) is 14.3. The van der Waals surface area contributed by atoms with Crippen LogP contribution in [0.15, 0.2) is 73.3 Å². The van der Waals surface area contributed by atoms with Crippen molar-refractivity contribution in [2.75, 3.05) is 0 Å². The normalized spacial score (nSPS) is 10.8. The molecule has 0 saturated carbocycles. The van der Waals surface area contributed by atoms with Crippen LogP contribution >= 0.6 is 0 Å². The van der Waals surface area contributed by atoms with Gasteiger partial charge in [-0.25, -0.2) is 0 Å². The summed E-state index contributed by atoms with van der Waals surface area (Å²) in [6.45, 7) is 5.96. The zero-order valence-corrected chi connectivity index (χ0v) is 12.8. The van der Waals surface area contributed by atoms with Crippen molar-refractivity contribution >= 4 is 8.56 Å². The Hall–Kier alpha value is -2.00. The molecule has 0 aromatic heterocycles. The smallest absolute Gasteiger partial charge is 0.464 e. The number of hydrogen-bond donors (Lipinski definition) is 0. The Balaban J connectivity index is 2.22. The van der Waals surface area contributed by atoms with E-state index in [1.807, 2.05) is 66.7 Å². The summed E-state index contributed by atoms with van der Waals surface area (Å²) in [6, 6.07) is 21.3. The number of allylic oxidation sites excluding steroid dienone is 1. The maximum absolute atomic E-state index is 6.24. The first-order valence-corrected chi connectivity index (χ1v) is 9.10. The van der Waals surface area contributed by atoms with Crippen LogP contribution in [0, 0.1) is 0 Å². The third-order valence-corrected chi connectivity index (χ3v) is 6.29. The predicted octanol–water partition coefficient (Wildman–Crippen LogP) is 4.79. The second-order valence-corrected chi connectivity index (χ2v) is 7.93. The Labute approximate surface area is 121 Å². The van der Waals surface area contributed by atoms with Gasteiger partial charge in [0, 0.05) is 12.1 Å². The molecular weight excluding hydrogens is 264 g/mol. The highest BCUT2D eigenvalue weighted by atomic mass is 28.4. The Morgan fingerprint density at radius 1 is 0.900 bits per heavy atom. The molecule has 0 N–H and O–H groups in total. The van der Waals surface area contributed by atoms with E-state index in [-0.39, 0.29) is 0 Å². The van der Waals surface area contributed by atoms with Gasteiger partial charge in [0.15, 0.2) is 0 Å². The molecular formula is C17H20O2Si. The largest absolute Gasteiger partial charge is 0.512 e. The summed E-state index contributed by atoms with van der Waals surface area (Å²) in [5.41, 5.74) is 0. The predicted molar refractivity (Wildman–Crippen MR) is 85.4 cm³/mol. The van der Waals surface area contributed by atoms with E-state index in [2.05, 4.69) is 13.5 Å². The van der Waals surface area contributed by atoms with E-state index in [1.165, 1.54) is 0 Å². The first kappa shape index (κ1) is 14.4. The van der Waals surface area contributed by atoms with Gasteiger partial charge < -0.3 is 8.85 Å². The standard InChI is InChI=1S/C17H20O2Si/c1-3-15-20(4-2,18-16-11-7-5-8-12-16)19-17-13-9-6-10-14-17/h3,5-14H,1,4,15H2,2H3. The van der Waals surface area contributed by atoms with Gasteiger partial charge in [0.1, 0.15) is 11.5 Å². The van der Waals surface area contributed by atoms with Crippen LogP contribution in [0.2, 0.25) is 12.1 Å². The molecule has 0 aliphatic carbocycles. The molecule has 0 radical (unpaired) electrons. The van der Waals surface area contributed by atoms with Crippen molar-refractivity contribution in [2.45, 2.75) is 19.0 Å². The third-order valence-electron chi connectivity index (χ3n) is 3.09. The Kier molecular flexibility index (Phi) is 5.01. The lowest BCUT2D eigenvalue weighted by Crippen LogP contribution is -2.47. The number of hydrogen-bond acceptors (Lipinski definition) is 2. The summed E-state index contributed by atoms with van der Waals surface area (Å²) in [6.07, 6.45) is 1.89. The maximum atomic E-state index is 6.24. The number of para-hydroxylation sites is 2. The minimum atomic E-state index is -2.37. The first-order valence-electron chi connectivity index (χ1n) is 6.87. The topological polar surface area (TPSA) is 18.5 Å². The molecule has 0 fully saturated rings. The van der Waals surface area contributed by atoms with Crippen molar-refractivity contribution < 1.29 is 8.85 Å². The van der Waals surface area contributed by atoms with Gasteiger partial charge in [-0.15, -0.1) is 6.58 Å². The van der Waals surface area contributed by atoms with E-state index < -0.39 is 8.56 Å². The first-order chi connectivity index (χ1) is 9.78. The lowest BCUT2D eigenvalue weighted by Gasteiger charge is -2.30. The van der Waals surface area contributed by atoms with E-state index in [9.17, 15) is 0 Å². The van der Waals surface area contributed by atoms with Crippen LogP contribution in [0.5, 0.6) is 11.5 Å². The second kappa shape index (κ2) is 6.96. The molecule has 0 amide bonds. The fraction of sp³-hybridized carbons (Fsp3) is 0.176. The van der Waals surface area contributed by atoms with Crippen molar-refractivity contribution in [3.05, 3.63) is 73.3 Å². The maximum Gasteiger partial charge on any atom is 0.464 e. The van der Waals surface area contributed by atoms with Crippen molar-refractivity contribution in [1.29, 1.82) is 0 Å². The Bertz CT molecular complexity index is 484. The summed E-state index contributed by atoms with van der Waals surface area (Å²) in [5, 5.41) is 0. The van der Waals surface area contributed by atoms with Crippen molar-refractivity contribution in [3.8, 4) is 11.5 Å². The molecule has 20 heavy (non-hydrogen) atoms. The summed E-state index contributed by atoms with van der Waals surface area (Å²) in [5.74, 6) is 1.72. The minimum Gasteiger partial charge on any atom is -0.512 e. The van der Waals surface area contributed by atoms with Crippen LogP contribution in [0.1, 0.15) is 6.92 Å². The highest BCUT2D eigenvalue weighted by Crippen LogP contribution is 2.26. The van der Waals surface area contributed by atoms with Crippen LogP contribution in [-0.4, -0.2) is 8.56 Å². The highest BCUT2D eigenvalue weighted by Gasteiger charge is 2.39. The summed E-state index contributed by atoms with van der Waals surface area (Å²) in [4.78, 5) is 0. The van der Waals surface area contributed by atoms with Crippen molar-refractivity contribution in [3.63, 3.8) is 0 Å². The average molecular weight is 284 g/mol. The molecule has 2 rings (SSSR count). The molecule has 0 heterocycles. The molecule has 0 aliphatic rings. The summed E-state index contributed by atoms with van der Waals surface area (Å²) >= 11 is 0. The molecule has 3 heteroatoms. The molecule has 0 spiro atoms. The second-order valence-electron chi connectivity index (χ2n) is 4.59. The fourth-order valence-electron chi connectivity index (χ4n) is 2.02. The quantitative estimate of drug-likeness (QED) is 0.537. The zero-order valence-electron chi connectivity index (χ0n) is 11.8. The van der Waals surface area contributed by atoms with Gasteiger partial charge in [-0.3, -0.25) is 0 Å². The Morgan fingerprint density at radius 2 is 1.35 bits per heavy atom. The van der Waals surface area contributed by atoms with Gasteiger partial charge in [0.2, 0.25) is 0 Å². The van der Waals surface area contributed by atoms with E-state index in [1.54, 1.807) is 0 Å². The van der Waals surface area contributed by atoms with E-state index >= 15 is 0 Å². The molecule has 0 aliphatic heterocycles. The molecule has 0 unspecified atom stereocenters.